The van der Waals surface area contributed by atoms with Gasteiger partial charge in [-0.1, -0.05) is 24.3 Å². The van der Waals surface area contributed by atoms with Crippen LogP contribution in [-0.2, 0) is 13.1 Å². The molecule has 0 aliphatic carbocycles. The number of nitrogens with two attached hydrogens (primary N) is 1. The zero-order chi connectivity index (χ0) is 12.5. The SMILES string of the molecule is Nc1cccnc1C(=O)N1Cc2ccccc2C1. The molecule has 0 spiro atoms. The largest absolute Gasteiger partial charge is 0.397 e. The van der Waals surface area contributed by atoms with Crippen molar-refractivity contribution in [3.63, 3.8) is 0 Å². The molecular formula is C14H13N3O. The molecule has 0 bridgehead atoms. The summed E-state index contributed by atoms with van der Waals surface area (Å²) < 4.78 is 0. The molecule has 1 aromatic carbocycles. The topological polar surface area (TPSA) is 59.2 Å². The molecule has 2 heterocycles. The quantitative estimate of drug-likeness (QED) is 0.825. The maximum Gasteiger partial charge on any atom is 0.275 e. The van der Waals surface area contributed by atoms with Gasteiger partial charge in [0.15, 0.2) is 5.69 Å². The van der Waals surface area contributed by atoms with Gasteiger partial charge in [-0.15, -0.1) is 0 Å². The Hall–Kier alpha value is -2.36. The fourth-order valence-electron chi connectivity index (χ4n) is 2.22. The summed E-state index contributed by atoms with van der Waals surface area (Å²) in [6, 6.07) is 11.5. The molecule has 1 aliphatic rings. The number of benzene rings is 1. The van der Waals surface area contributed by atoms with Crippen LogP contribution in [-0.4, -0.2) is 15.8 Å². The summed E-state index contributed by atoms with van der Waals surface area (Å²) in [5.74, 6) is -0.107. The zero-order valence-electron chi connectivity index (χ0n) is 9.84. The second-order valence-corrected chi connectivity index (χ2v) is 4.37. The minimum Gasteiger partial charge on any atom is -0.397 e. The molecule has 2 aromatic rings. The van der Waals surface area contributed by atoms with Crippen LogP contribution < -0.4 is 5.73 Å². The molecule has 3 rings (SSSR count). The average Bonchev–Trinajstić information content (AvgIpc) is 2.82. The second kappa shape index (κ2) is 4.14. The lowest BCUT2D eigenvalue weighted by Crippen LogP contribution is -2.27. The molecule has 0 atom stereocenters. The second-order valence-electron chi connectivity index (χ2n) is 4.37. The van der Waals surface area contributed by atoms with Crippen LogP contribution in [0, 0.1) is 0 Å². The van der Waals surface area contributed by atoms with Crippen LogP contribution in [0.4, 0.5) is 5.69 Å². The van der Waals surface area contributed by atoms with Gasteiger partial charge in [0.2, 0.25) is 0 Å². The van der Waals surface area contributed by atoms with Crippen LogP contribution in [0.3, 0.4) is 0 Å². The van der Waals surface area contributed by atoms with Crippen LogP contribution in [0.1, 0.15) is 21.6 Å². The van der Waals surface area contributed by atoms with Gasteiger partial charge in [0, 0.05) is 19.3 Å². The van der Waals surface area contributed by atoms with Gasteiger partial charge in [-0.2, -0.15) is 0 Å². The van der Waals surface area contributed by atoms with E-state index in [0.29, 0.717) is 24.5 Å². The molecule has 1 amide bonds. The summed E-state index contributed by atoms with van der Waals surface area (Å²) in [7, 11) is 0. The van der Waals surface area contributed by atoms with E-state index in [2.05, 4.69) is 4.98 Å². The number of hydrogen-bond acceptors (Lipinski definition) is 3. The first-order valence-corrected chi connectivity index (χ1v) is 5.82. The Labute approximate surface area is 105 Å². The number of hydrogen-bond donors (Lipinski definition) is 1. The highest BCUT2D eigenvalue weighted by atomic mass is 16.2. The normalized spacial score (nSPS) is 13.4. The molecule has 0 unspecified atom stereocenters. The summed E-state index contributed by atoms with van der Waals surface area (Å²) in [5.41, 5.74) is 8.94. The van der Waals surface area contributed by atoms with Crippen molar-refractivity contribution in [2.24, 2.45) is 0 Å². The molecule has 0 saturated heterocycles. The lowest BCUT2D eigenvalue weighted by atomic mass is 10.1. The first-order valence-electron chi connectivity index (χ1n) is 5.82. The fourth-order valence-corrected chi connectivity index (χ4v) is 2.22. The van der Waals surface area contributed by atoms with E-state index in [9.17, 15) is 4.79 Å². The van der Waals surface area contributed by atoms with Crippen LogP contribution in [0.25, 0.3) is 0 Å². The third-order valence-corrected chi connectivity index (χ3v) is 3.17. The number of rotatable bonds is 1. The predicted octanol–water partition coefficient (Wildman–Crippen LogP) is 1.82. The van der Waals surface area contributed by atoms with E-state index in [-0.39, 0.29) is 5.91 Å². The predicted molar refractivity (Wildman–Crippen MR) is 68.7 cm³/mol. The van der Waals surface area contributed by atoms with Crippen molar-refractivity contribution < 1.29 is 4.79 Å². The fraction of sp³-hybridized carbons (Fsp3) is 0.143. The smallest absolute Gasteiger partial charge is 0.275 e. The first-order chi connectivity index (χ1) is 8.75. The zero-order valence-corrected chi connectivity index (χ0v) is 9.84. The van der Waals surface area contributed by atoms with Gasteiger partial charge in [0.05, 0.1) is 5.69 Å². The van der Waals surface area contributed by atoms with E-state index >= 15 is 0 Å². The van der Waals surface area contributed by atoms with Crippen molar-refractivity contribution >= 4 is 11.6 Å². The van der Waals surface area contributed by atoms with E-state index in [1.54, 1.807) is 23.2 Å². The lowest BCUT2D eigenvalue weighted by Gasteiger charge is -2.15. The third-order valence-electron chi connectivity index (χ3n) is 3.17. The Morgan fingerprint density at radius 3 is 2.39 bits per heavy atom. The molecule has 2 N–H and O–H groups in total. The van der Waals surface area contributed by atoms with E-state index in [1.807, 2.05) is 24.3 Å². The highest BCUT2D eigenvalue weighted by Crippen LogP contribution is 2.24. The van der Waals surface area contributed by atoms with Crippen molar-refractivity contribution in [3.8, 4) is 0 Å². The van der Waals surface area contributed by atoms with Gasteiger partial charge in [-0.05, 0) is 23.3 Å². The monoisotopic (exact) mass is 239 g/mol. The molecule has 0 saturated carbocycles. The Morgan fingerprint density at radius 2 is 1.78 bits per heavy atom. The average molecular weight is 239 g/mol. The van der Waals surface area contributed by atoms with Crippen LogP contribution in [0.2, 0.25) is 0 Å². The maximum absolute atomic E-state index is 12.3. The summed E-state index contributed by atoms with van der Waals surface area (Å²) in [4.78, 5) is 18.2. The summed E-state index contributed by atoms with van der Waals surface area (Å²) in [6.07, 6.45) is 1.59. The third kappa shape index (κ3) is 1.72. The molecule has 4 nitrogen and oxygen atoms in total. The standard InChI is InChI=1S/C14H13N3O/c15-12-6-3-7-16-13(12)14(18)17-8-10-4-1-2-5-11(10)9-17/h1-7H,8-9,15H2. The summed E-state index contributed by atoms with van der Waals surface area (Å²) in [6.45, 7) is 1.26. The van der Waals surface area contributed by atoms with Crippen molar-refractivity contribution in [2.75, 3.05) is 5.73 Å². The molecule has 4 heteroatoms. The van der Waals surface area contributed by atoms with Gasteiger partial charge in [-0.3, -0.25) is 4.79 Å². The molecule has 1 aliphatic heterocycles. The number of nitrogen functional groups attached to an aromatic ring is 1. The van der Waals surface area contributed by atoms with E-state index in [1.165, 1.54) is 11.1 Å². The van der Waals surface area contributed by atoms with E-state index < -0.39 is 0 Å². The molecule has 0 radical (unpaired) electrons. The van der Waals surface area contributed by atoms with Crippen molar-refractivity contribution in [2.45, 2.75) is 13.1 Å². The molecule has 1 aromatic heterocycles. The van der Waals surface area contributed by atoms with Gasteiger partial charge in [-0.25, -0.2) is 4.98 Å². The van der Waals surface area contributed by atoms with Crippen LogP contribution >= 0.6 is 0 Å². The number of amides is 1. The summed E-state index contributed by atoms with van der Waals surface area (Å²) in [5, 5.41) is 0. The maximum atomic E-state index is 12.3. The van der Waals surface area contributed by atoms with Gasteiger partial charge >= 0.3 is 0 Å². The molecule has 90 valence electrons. The first kappa shape index (κ1) is 10.8. The number of aromatic nitrogens is 1. The number of pyridine rings is 1. The van der Waals surface area contributed by atoms with Gasteiger partial charge < -0.3 is 10.6 Å². The Bertz CT molecular complexity index is 584. The van der Waals surface area contributed by atoms with E-state index in [0.717, 1.165) is 0 Å². The molecule has 0 fully saturated rings. The number of carbonyl (C=O) groups excluding carboxylic acids is 1. The van der Waals surface area contributed by atoms with Gasteiger partial charge in [0.25, 0.3) is 5.91 Å². The minimum absolute atomic E-state index is 0.107. The Morgan fingerprint density at radius 1 is 1.11 bits per heavy atom. The van der Waals surface area contributed by atoms with Crippen molar-refractivity contribution in [3.05, 3.63) is 59.4 Å². The van der Waals surface area contributed by atoms with Crippen molar-refractivity contribution in [1.82, 2.24) is 9.88 Å². The number of anilines is 1. The number of fused-ring (bicyclic) bond motifs is 1. The Kier molecular flexibility index (Phi) is 2.48. The Balaban J connectivity index is 1.87. The highest BCUT2D eigenvalue weighted by molar-refractivity contribution is 5.97. The number of nitrogens with zero attached hydrogens (tertiary/aromatic N) is 2. The van der Waals surface area contributed by atoms with Crippen molar-refractivity contribution in [1.29, 1.82) is 0 Å². The minimum atomic E-state index is -0.107. The summed E-state index contributed by atoms with van der Waals surface area (Å²) >= 11 is 0. The molecular weight excluding hydrogens is 226 g/mol. The molecule has 18 heavy (non-hydrogen) atoms. The van der Waals surface area contributed by atoms with Gasteiger partial charge in [0.1, 0.15) is 0 Å². The number of carbonyl (C=O) groups is 1. The van der Waals surface area contributed by atoms with Crippen LogP contribution in [0.5, 0.6) is 0 Å². The highest BCUT2D eigenvalue weighted by Gasteiger charge is 2.25. The van der Waals surface area contributed by atoms with Crippen LogP contribution in [0.15, 0.2) is 42.6 Å². The lowest BCUT2D eigenvalue weighted by molar-refractivity contribution is 0.0746. The van der Waals surface area contributed by atoms with E-state index in [4.69, 9.17) is 5.73 Å².